The number of carboxylic acids is 1. The van der Waals surface area contributed by atoms with Crippen LogP contribution in [0.15, 0.2) is 36.7 Å². The van der Waals surface area contributed by atoms with Gasteiger partial charge in [0.15, 0.2) is 11.5 Å². The Bertz CT molecular complexity index is 697. The number of aromatic nitrogens is 2. The zero-order valence-corrected chi connectivity index (χ0v) is 10.7. The van der Waals surface area contributed by atoms with Crippen molar-refractivity contribution in [2.24, 2.45) is 0 Å². The lowest BCUT2D eigenvalue weighted by atomic mass is 10.3. The van der Waals surface area contributed by atoms with E-state index in [1.165, 1.54) is 18.5 Å². The molecule has 1 aliphatic heterocycles. The van der Waals surface area contributed by atoms with Gasteiger partial charge in [0.25, 0.3) is 0 Å². The van der Waals surface area contributed by atoms with Gasteiger partial charge in [0.1, 0.15) is 5.75 Å². The standard InChI is InChI=1S/C14H10N2O5/c17-13(18)4-1-9-6-15-14(16-7-9)21-10-2-3-11-12(5-10)20-8-19-11/h1-7H,8H2,(H,17,18)/b4-1+. The molecule has 7 nitrogen and oxygen atoms in total. The first-order chi connectivity index (χ1) is 10.2. The molecule has 0 atom stereocenters. The molecule has 0 bridgehead atoms. The van der Waals surface area contributed by atoms with Crippen LogP contribution in [0.3, 0.4) is 0 Å². The van der Waals surface area contributed by atoms with E-state index in [0.29, 0.717) is 22.8 Å². The molecular formula is C14H10N2O5. The number of carbonyl (C=O) groups is 1. The van der Waals surface area contributed by atoms with E-state index in [-0.39, 0.29) is 12.8 Å². The summed E-state index contributed by atoms with van der Waals surface area (Å²) in [5, 5.41) is 8.53. The summed E-state index contributed by atoms with van der Waals surface area (Å²) in [5.41, 5.74) is 0.565. The highest BCUT2D eigenvalue weighted by Crippen LogP contribution is 2.35. The predicted molar refractivity (Wildman–Crippen MR) is 71.3 cm³/mol. The fraction of sp³-hybridized carbons (Fsp3) is 0.0714. The van der Waals surface area contributed by atoms with Crippen LogP contribution in [0.2, 0.25) is 0 Å². The van der Waals surface area contributed by atoms with Gasteiger partial charge in [-0.25, -0.2) is 14.8 Å². The van der Waals surface area contributed by atoms with Gasteiger partial charge in [0, 0.05) is 30.1 Å². The lowest BCUT2D eigenvalue weighted by Crippen LogP contribution is -1.93. The predicted octanol–water partition coefficient (Wildman–Crippen LogP) is 2.10. The maximum Gasteiger partial charge on any atom is 0.328 e. The maximum atomic E-state index is 10.4. The molecule has 0 aliphatic carbocycles. The molecule has 2 heterocycles. The van der Waals surface area contributed by atoms with Gasteiger partial charge in [0.05, 0.1) is 0 Å². The van der Waals surface area contributed by atoms with Gasteiger partial charge in [-0.3, -0.25) is 0 Å². The van der Waals surface area contributed by atoms with Crippen LogP contribution >= 0.6 is 0 Å². The van der Waals surface area contributed by atoms with Crippen LogP contribution in [0.5, 0.6) is 23.3 Å². The van der Waals surface area contributed by atoms with Crippen LogP contribution < -0.4 is 14.2 Å². The highest BCUT2D eigenvalue weighted by molar-refractivity contribution is 5.85. The Morgan fingerprint density at radius 1 is 1.24 bits per heavy atom. The van der Waals surface area contributed by atoms with Crippen molar-refractivity contribution in [3.63, 3.8) is 0 Å². The SMILES string of the molecule is O=C(O)/C=C/c1cnc(Oc2ccc3c(c2)OCO3)nc1. The maximum absolute atomic E-state index is 10.4. The molecule has 2 aromatic rings. The molecule has 0 unspecified atom stereocenters. The van der Waals surface area contributed by atoms with Gasteiger partial charge in [0.2, 0.25) is 6.79 Å². The first-order valence-corrected chi connectivity index (χ1v) is 6.01. The molecule has 1 aliphatic rings. The summed E-state index contributed by atoms with van der Waals surface area (Å²) in [4.78, 5) is 18.4. The summed E-state index contributed by atoms with van der Waals surface area (Å²) in [7, 11) is 0. The van der Waals surface area contributed by atoms with Gasteiger partial charge in [-0.15, -0.1) is 0 Å². The fourth-order valence-electron chi connectivity index (χ4n) is 1.68. The molecule has 0 saturated carbocycles. The summed E-state index contributed by atoms with van der Waals surface area (Å²) < 4.78 is 15.9. The molecule has 0 amide bonds. The van der Waals surface area contributed by atoms with E-state index in [0.717, 1.165) is 6.08 Å². The molecular weight excluding hydrogens is 276 g/mol. The minimum absolute atomic E-state index is 0.154. The minimum Gasteiger partial charge on any atom is -0.478 e. The molecule has 1 N–H and O–H groups in total. The highest BCUT2D eigenvalue weighted by atomic mass is 16.7. The normalized spacial score (nSPS) is 12.6. The zero-order valence-electron chi connectivity index (χ0n) is 10.7. The van der Waals surface area contributed by atoms with Gasteiger partial charge in [-0.1, -0.05) is 0 Å². The van der Waals surface area contributed by atoms with E-state index in [9.17, 15) is 4.79 Å². The second-order valence-electron chi connectivity index (χ2n) is 4.09. The summed E-state index contributed by atoms with van der Waals surface area (Å²) in [6.07, 6.45) is 5.34. The topological polar surface area (TPSA) is 90.8 Å². The van der Waals surface area contributed by atoms with Crippen molar-refractivity contribution in [2.45, 2.75) is 0 Å². The lowest BCUT2D eigenvalue weighted by Gasteiger charge is -2.04. The zero-order chi connectivity index (χ0) is 14.7. The molecule has 0 saturated heterocycles. The third-order valence-corrected chi connectivity index (χ3v) is 2.62. The molecule has 1 aromatic carbocycles. The second-order valence-corrected chi connectivity index (χ2v) is 4.09. The van der Waals surface area contributed by atoms with Crippen molar-refractivity contribution in [1.29, 1.82) is 0 Å². The first-order valence-electron chi connectivity index (χ1n) is 6.01. The quantitative estimate of drug-likeness (QED) is 0.860. The fourth-order valence-corrected chi connectivity index (χ4v) is 1.68. The van der Waals surface area contributed by atoms with Gasteiger partial charge < -0.3 is 19.3 Å². The molecule has 0 radical (unpaired) electrons. The Balaban J connectivity index is 1.72. The molecule has 0 fully saturated rings. The van der Waals surface area contributed by atoms with Gasteiger partial charge in [-0.05, 0) is 18.2 Å². The van der Waals surface area contributed by atoms with Crippen LogP contribution in [0.25, 0.3) is 6.08 Å². The Morgan fingerprint density at radius 3 is 2.76 bits per heavy atom. The molecule has 1 aromatic heterocycles. The number of hydrogen-bond donors (Lipinski definition) is 1. The minimum atomic E-state index is -1.03. The van der Waals surface area contributed by atoms with Crippen molar-refractivity contribution in [3.8, 4) is 23.3 Å². The van der Waals surface area contributed by atoms with E-state index >= 15 is 0 Å². The van der Waals surface area contributed by atoms with Crippen LogP contribution in [0.4, 0.5) is 0 Å². The van der Waals surface area contributed by atoms with Crippen molar-refractivity contribution >= 4 is 12.0 Å². The molecule has 0 spiro atoms. The number of rotatable bonds is 4. The Labute approximate surface area is 119 Å². The van der Waals surface area contributed by atoms with Gasteiger partial charge >= 0.3 is 12.0 Å². The molecule has 3 rings (SSSR count). The monoisotopic (exact) mass is 286 g/mol. The largest absolute Gasteiger partial charge is 0.478 e. The molecule has 21 heavy (non-hydrogen) atoms. The lowest BCUT2D eigenvalue weighted by molar-refractivity contribution is -0.131. The number of aliphatic carboxylic acids is 1. The number of benzene rings is 1. The van der Waals surface area contributed by atoms with Crippen molar-refractivity contribution in [3.05, 3.63) is 42.2 Å². The van der Waals surface area contributed by atoms with Gasteiger partial charge in [-0.2, -0.15) is 0 Å². The van der Waals surface area contributed by atoms with E-state index < -0.39 is 5.97 Å². The second kappa shape index (κ2) is 5.49. The smallest absolute Gasteiger partial charge is 0.328 e. The summed E-state index contributed by atoms with van der Waals surface area (Å²) in [6, 6.07) is 5.29. The summed E-state index contributed by atoms with van der Waals surface area (Å²) in [6.45, 7) is 0.194. The third kappa shape index (κ3) is 3.08. The van der Waals surface area contributed by atoms with E-state index in [4.69, 9.17) is 19.3 Å². The number of ether oxygens (including phenoxy) is 3. The highest BCUT2D eigenvalue weighted by Gasteiger charge is 2.14. The molecule has 106 valence electrons. The van der Waals surface area contributed by atoms with Crippen molar-refractivity contribution < 1.29 is 24.1 Å². The van der Waals surface area contributed by atoms with Crippen molar-refractivity contribution in [2.75, 3.05) is 6.79 Å². The van der Waals surface area contributed by atoms with Crippen LogP contribution in [-0.2, 0) is 4.79 Å². The number of hydrogen-bond acceptors (Lipinski definition) is 6. The average Bonchev–Trinajstić information content (AvgIpc) is 2.94. The van der Waals surface area contributed by atoms with E-state index in [1.54, 1.807) is 18.2 Å². The number of nitrogens with zero attached hydrogens (tertiary/aromatic N) is 2. The number of fused-ring (bicyclic) bond motifs is 1. The van der Waals surface area contributed by atoms with E-state index in [1.807, 2.05) is 0 Å². The Kier molecular flexibility index (Phi) is 3.38. The van der Waals surface area contributed by atoms with Crippen LogP contribution in [-0.4, -0.2) is 27.8 Å². The molecule has 7 heteroatoms. The average molecular weight is 286 g/mol. The van der Waals surface area contributed by atoms with E-state index in [2.05, 4.69) is 9.97 Å². The Morgan fingerprint density at radius 2 is 2.00 bits per heavy atom. The third-order valence-electron chi connectivity index (χ3n) is 2.62. The summed E-state index contributed by atoms with van der Waals surface area (Å²) in [5.74, 6) is 0.759. The Hall–Kier alpha value is -3.09. The number of carboxylic acid groups (broad SMARTS) is 1. The van der Waals surface area contributed by atoms with Crippen molar-refractivity contribution in [1.82, 2.24) is 9.97 Å². The van der Waals surface area contributed by atoms with Crippen LogP contribution in [0.1, 0.15) is 5.56 Å². The summed E-state index contributed by atoms with van der Waals surface area (Å²) >= 11 is 0. The van der Waals surface area contributed by atoms with Crippen LogP contribution in [0, 0.1) is 0 Å². The first kappa shape index (κ1) is 12.9.